The summed E-state index contributed by atoms with van der Waals surface area (Å²) < 4.78 is 13.6. The number of ether oxygens (including phenoxy) is 3. The Morgan fingerprint density at radius 2 is 1.59 bits per heavy atom. The van der Waals surface area contributed by atoms with E-state index < -0.39 is 29.9 Å². The molecule has 1 aromatic carbocycles. The summed E-state index contributed by atoms with van der Waals surface area (Å²) in [7, 11) is 3.54. The van der Waals surface area contributed by atoms with E-state index in [0.29, 0.717) is 11.1 Å². The van der Waals surface area contributed by atoms with Crippen LogP contribution in [-0.2, 0) is 30.2 Å². The highest BCUT2D eigenvalue weighted by molar-refractivity contribution is 5.89. The summed E-state index contributed by atoms with van der Waals surface area (Å²) in [5.74, 6) is -2.17. The molecule has 22 heavy (non-hydrogen) atoms. The van der Waals surface area contributed by atoms with Crippen molar-refractivity contribution in [3.05, 3.63) is 35.4 Å². The van der Waals surface area contributed by atoms with Crippen LogP contribution in [0.25, 0.3) is 0 Å². The van der Waals surface area contributed by atoms with Crippen LogP contribution in [0.15, 0.2) is 24.3 Å². The van der Waals surface area contributed by atoms with Gasteiger partial charge in [0, 0.05) is 6.42 Å². The maximum Gasteiger partial charge on any atom is 0.338 e. The lowest BCUT2D eigenvalue weighted by Gasteiger charge is -2.24. The fourth-order valence-electron chi connectivity index (χ4n) is 1.92. The molecule has 0 spiro atoms. The Hall–Kier alpha value is -2.41. The van der Waals surface area contributed by atoms with Gasteiger partial charge >= 0.3 is 17.9 Å². The monoisotopic (exact) mass is 310 g/mol. The molecule has 0 aliphatic rings. The number of hydrogen-bond donors (Lipinski definition) is 1. The zero-order valence-corrected chi connectivity index (χ0v) is 12.6. The summed E-state index contributed by atoms with van der Waals surface area (Å²) in [6.45, 7) is 0. The second kappa shape index (κ2) is 7.56. The van der Waals surface area contributed by atoms with Crippen LogP contribution < -0.4 is 0 Å². The van der Waals surface area contributed by atoms with Gasteiger partial charge in [-0.05, 0) is 17.7 Å². The number of aliphatic hydroxyl groups is 1. The zero-order chi connectivity index (χ0) is 16.8. The Kier molecular flexibility index (Phi) is 6.06. The van der Waals surface area contributed by atoms with E-state index in [1.807, 2.05) is 0 Å². The molecule has 0 radical (unpaired) electrons. The molecular formula is C15H18O7. The third-order valence-corrected chi connectivity index (χ3v) is 3.10. The van der Waals surface area contributed by atoms with Crippen molar-refractivity contribution >= 4 is 17.9 Å². The van der Waals surface area contributed by atoms with E-state index in [9.17, 15) is 19.5 Å². The standard InChI is InChI=1S/C15H18O7/c1-20-12(16)9-15(19,14(18)22-3)8-10-4-6-11(7-5-10)13(17)21-2/h4-7,19H,8-9H2,1-3H3/t15-/m1/s1. The number of hydrogen-bond acceptors (Lipinski definition) is 7. The molecule has 0 aromatic heterocycles. The van der Waals surface area contributed by atoms with E-state index in [1.54, 1.807) is 12.1 Å². The number of carbonyl (C=O) groups is 3. The minimum absolute atomic E-state index is 0.157. The zero-order valence-electron chi connectivity index (χ0n) is 12.6. The molecule has 1 rings (SSSR count). The molecule has 0 heterocycles. The molecule has 7 heteroatoms. The van der Waals surface area contributed by atoms with Crippen LogP contribution in [0.1, 0.15) is 22.3 Å². The maximum atomic E-state index is 11.8. The van der Waals surface area contributed by atoms with E-state index in [1.165, 1.54) is 19.2 Å². The molecule has 0 amide bonds. The Balaban J connectivity index is 2.96. The first kappa shape index (κ1) is 17.6. The molecule has 1 atom stereocenters. The molecule has 0 fully saturated rings. The Bertz CT molecular complexity index is 550. The summed E-state index contributed by atoms with van der Waals surface area (Å²) in [6, 6.07) is 6.10. The molecule has 0 bridgehead atoms. The van der Waals surface area contributed by atoms with E-state index in [-0.39, 0.29) is 6.42 Å². The molecule has 7 nitrogen and oxygen atoms in total. The highest BCUT2D eigenvalue weighted by Gasteiger charge is 2.40. The summed E-state index contributed by atoms with van der Waals surface area (Å²) in [4.78, 5) is 34.5. The maximum absolute atomic E-state index is 11.8. The van der Waals surface area contributed by atoms with Crippen molar-refractivity contribution in [1.82, 2.24) is 0 Å². The van der Waals surface area contributed by atoms with Crippen LogP contribution in [-0.4, -0.2) is 49.9 Å². The Morgan fingerprint density at radius 1 is 1.00 bits per heavy atom. The van der Waals surface area contributed by atoms with Gasteiger partial charge in [-0.15, -0.1) is 0 Å². The summed E-state index contributed by atoms with van der Waals surface area (Å²) in [5, 5.41) is 10.4. The van der Waals surface area contributed by atoms with Crippen molar-refractivity contribution < 1.29 is 33.7 Å². The fraction of sp³-hybridized carbons (Fsp3) is 0.400. The predicted octanol–water partition coefficient (Wildman–Crippen LogP) is 0.483. The number of esters is 3. The van der Waals surface area contributed by atoms with E-state index in [4.69, 9.17) is 0 Å². The van der Waals surface area contributed by atoms with E-state index in [2.05, 4.69) is 14.2 Å². The average molecular weight is 310 g/mol. The topological polar surface area (TPSA) is 99.1 Å². The molecule has 0 saturated carbocycles. The van der Waals surface area contributed by atoms with Gasteiger partial charge in [0.25, 0.3) is 0 Å². The van der Waals surface area contributed by atoms with Crippen molar-refractivity contribution in [2.45, 2.75) is 18.4 Å². The van der Waals surface area contributed by atoms with Crippen LogP contribution in [0.5, 0.6) is 0 Å². The smallest absolute Gasteiger partial charge is 0.338 e. The normalized spacial score (nSPS) is 12.9. The molecule has 120 valence electrons. The number of carbonyl (C=O) groups excluding carboxylic acids is 3. The van der Waals surface area contributed by atoms with E-state index >= 15 is 0 Å². The quantitative estimate of drug-likeness (QED) is 0.602. The fourth-order valence-corrected chi connectivity index (χ4v) is 1.92. The number of rotatable bonds is 6. The average Bonchev–Trinajstić information content (AvgIpc) is 2.53. The molecule has 1 aromatic rings. The Morgan fingerprint density at radius 3 is 2.05 bits per heavy atom. The molecule has 0 saturated heterocycles. The molecule has 0 aliphatic heterocycles. The van der Waals surface area contributed by atoms with Gasteiger partial charge in [0.2, 0.25) is 0 Å². The third kappa shape index (κ3) is 4.29. The van der Waals surface area contributed by atoms with Crippen LogP contribution in [0, 0.1) is 0 Å². The lowest BCUT2D eigenvalue weighted by atomic mass is 9.91. The minimum Gasteiger partial charge on any atom is -0.469 e. The molecular weight excluding hydrogens is 292 g/mol. The SMILES string of the molecule is COC(=O)C[C@](O)(Cc1ccc(C(=O)OC)cc1)C(=O)OC. The molecule has 1 N–H and O–H groups in total. The lowest BCUT2D eigenvalue weighted by molar-refractivity contribution is -0.169. The second-order valence-corrected chi connectivity index (χ2v) is 4.64. The lowest BCUT2D eigenvalue weighted by Crippen LogP contribution is -2.44. The second-order valence-electron chi connectivity index (χ2n) is 4.64. The van der Waals surface area contributed by atoms with E-state index in [0.717, 1.165) is 14.2 Å². The van der Waals surface area contributed by atoms with Gasteiger partial charge in [-0.3, -0.25) is 4.79 Å². The number of benzene rings is 1. The van der Waals surface area contributed by atoms with Crippen LogP contribution in [0.4, 0.5) is 0 Å². The molecule has 0 unspecified atom stereocenters. The van der Waals surface area contributed by atoms with Gasteiger partial charge in [-0.2, -0.15) is 0 Å². The minimum atomic E-state index is -2.03. The highest BCUT2D eigenvalue weighted by Crippen LogP contribution is 2.21. The van der Waals surface area contributed by atoms with Gasteiger partial charge in [-0.1, -0.05) is 12.1 Å². The van der Waals surface area contributed by atoms with Crippen molar-refractivity contribution in [3.63, 3.8) is 0 Å². The highest BCUT2D eigenvalue weighted by atomic mass is 16.5. The Labute approximate surface area is 127 Å². The summed E-state index contributed by atoms with van der Waals surface area (Å²) in [6.07, 6.45) is -0.689. The number of methoxy groups -OCH3 is 3. The van der Waals surface area contributed by atoms with Crippen LogP contribution in [0.2, 0.25) is 0 Å². The third-order valence-electron chi connectivity index (χ3n) is 3.10. The van der Waals surface area contributed by atoms with Gasteiger partial charge in [0.1, 0.15) is 0 Å². The molecule has 0 aliphatic carbocycles. The van der Waals surface area contributed by atoms with Crippen molar-refractivity contribution in [1.29, 1.82) is 0 Å². The van der Waals surface area contributed by atoms with Gasteiger partial charge < -0.3 is 19.3 Å². The van der Waals surface area contributed by atoms with Crippen LogP contribution >= 0.6 is 0 Å². The van der Waals surface area contributed by atoms with Crippen molar-refractivity contribution in [3.8, 4) is 0 Å². The largest absolute Gasteiger partial charge is 0.469 e. The van der Waals surface area contributed by atoms with Crippen molar-refractivity contribution in [2.24, 2.45) is 0 Å². The van der Waals surface area contributed by atoms with Crippen LogP contribution in [0.3, 0.4) is 0 Å². The summed E-state index contributed by atoms with van der Waals surface area (Å²) in [5.41, 5.74) is -1.15. The van der Waals surface area contributed by atoms with Gasteiger partial charge in [0.05, 0.1) is 33.3 Å². The first-order chi connectivity index (χ1) is 10.4. The van der Waals surface area contributed by atoms with Gasteiger partial charge in [0.15, 0.2) is 5.60 Å². The first-order valence-corrected chi connectivity index (χ1v) is 6.41. The van der Waals surface area contributed by atoms with Gasteiger partial charge in [-0.25, -0.2) is 9.59 Å². The summed E-state index contributed by atoms with van der Waals surface area (Å²) >= 11 is 0. The first-order valence-electron chi connectivity index (χ1n) is 6.41. The van der Waals surface area contributed by atoms with Crippen molar-refractivity contribution in [2.75, 3.05) is 21.3 Å². The predicted molar refractivity (Wildman–Crippen MR) is 75.1 cm³/mol.